The number of aliphatic imine (C=N–C) groups is 2. The number of nitrogens with zero attached hydrogens (tertiary/aromatic N) is 3. The molecular weight excluding hydrogens is 500 g/mol. The van der Waals surface area contributed by atoms with Crippen LogP contribution in [0.3, 0.4) is 0 Å². The van der Waals surface area contributed by atoms with E-state index in [4.69, 9.17) is 15.0 Å². The Hall–Kier alpha value is -5.35. The molecule has 0 saturated heterocycles. The van der Waals surface area contributed by atoms with E-state index >= 15 is 0 Å². The summed E-state index contributed by atoms with van der Waals surface area (Å²) in [6.07, 6.45) is 3.95. The lowest BCUT2D eigenvalue weighted by molar-refractivity contribution is 1.08. The lowest BCUT2D eigenvalue weighted by Gasteiger charge is -2.14. The Morgan fingerprint density at radius 2 is 1.15 bits per heavy atom. The highest BCUT2D eigenvalue weighted by Gasteiger charge is 2.14. The quantitative estimate of drug-likeness (QED) is 0.239. The van der Waals surface area contributed by atoms with E-state index in [-0.39, 0.29) is 0 Å². The van der Waals surface area contributed by atoms with E-state index in [0.717, 1.165) is 80.3 Å². The minimum atomic E-state index is 0.729. The molecule has 1 N–H and O–H groups in total. The van der Waals surface area contributed by atoms with Crippen LogP contribution in [0.15, 0.2) is 150 Å². The molecule has 41 heavy (non-hydrogen) atoms. The molecule has 0 atom stereocenters. The van der Waals surface area contributed by atoms with Gasteiger partial charge in [0.25, 0.3) is 0 Å². The Kier molecular flexibility index (Phi) is 6.64. The fourth-order valence-electron chi connectivity index (χ4n) is 5.23. The Labute approximate surface area is 239 Å². The lowest BCUT2D eigenvalue weighted by Crippen LogP contribution is -2.09. The van der Waals surface area contributed by atoms with Gasteiger partial charge in [-0.3, -0.25) is 0 Å². The van der Waals surface area contributed by atoms with Gasteiger partial charge in [-0.25, -0.2) is 15.0 Å². The van der Waals surface area contributed by atoms with Gasteiger partial charge in [0, 0.05) is 16.7 Å². The van der Waals surface area contributed by atoms with Crippen LogP contribution in [0.25, 0.3) is 39.2 Å². The summed E-state index contributed by atoms with van der Waals surface area (Å²) in [6, 6.07) is 45.9. The van der Waals surface area contributed by atoms with Gasteiger partial charge in [0.2, 0.25) is 0 Å². The number of hydrogen-bond donors (Lipinski definition) is 1. The monoisotopic (exact) mass is 528 g/mol. The first-order chi connectivity index (χ1) is 20.3. The standard InChI is InChI=1S/C37H28N4/c1-4-12-26(13-5-1)32-20-11-21-33(39-36(38-32)27-14-6-2-7-15-27)31-19-10-18-29(24-31)30-22-23-34-35(25-30)41-37(40-34)28-16-8-3-9-17-28/h1-10,12-19,21-25H,11,20H2,(H,40,41)/b33-21-,38-32+,39-36-. The number of benzene rings is 5. The van der Waals surface area contributed by atoms with Crippen molar-refractivity contribution >= 4 is 28.3 Å². The molecule has 1 aromatic heterocycles. The first-order valence-corrected chi connectivity index (χ1v) is 13.9. The van der Waals surface area contributed by atoms with Crippen LogP contribution in [0.5, 0.6) is 0 Å². The van der Waals surface area contributed by atoms with Crippen LogP contribution < -0.4 is 0 Å². The molecule has 0 bridgehead atoms. The van der Waals surface area contributed by atoms with E-state index in [1.807, 2.05) is 42.5 Å². The van der Waals surface area contributed by atoms with Crippen molar-refractivity contribution in [1.29, 1.82) is 0 Å². The minimum Gasteiger partial charge on any atom is -0.338 e. The third kappa shape index (κ3) is 5.28. The van der Waals surface area contributed by atoms with E-state index in [1.54, 1.807) is 0 Å². The predicted molar refractivity (Wildman–Crippen MR) is 170 cm³/mol. The summed E-state index contributed by atoms with van der Waals surface area (Å²) in [6.45, 7) is 0. The second-order valence-electron chi connectivity index (χ2n) is 10.1. The molecule has 5 aromatic carbocycles. The van der Waals surface area contributed by atoms with Crippen molar-refractivity contribution in [2.45, 2.75) is 12.8 Å². The number of H-pyrrole nitrogens is 1. The molecular formula is C37H28N4. The summed E-state index contributed by atoms with van der Waals surface area (Å²) < 4.78 is 0. The van der Waals surface area contributed by atoms with Crippen molar-refractivity contribution in [3.63, 3.8) is 0 Å². The first kappa shape index (κ1) is 24.7. The highest BCUT2D eigenvalue weighted by Crippen LogP contribution is 2.30. The Bertz CT molecular complexity index is 1910. The molecule has 1 aliphatic heterocycles. The van der Waals surface area contributed by atoms with Crippen molar-refractivity contribution in [3.8, 4) is 22.5 Å². The summed E-state index contributed by atoms with van der Waals surface area (Å²) in [5, 5.41) is 0. The van der Waals surface area contributed by atoms with Gasteiger partial charge < -0.3 is 4.98 Å². The Balaban J connectivity index is 1.26. The van der Waals surface area contributed by atoms with Gasteiger partial charge in [-0.1, -0.05) is 121 Å². The zero-order valence-corrected chi connectivity index (χ0v) is 22.5. The highest BCUT2D eigenvalue weighted by atomic mass is 14.9. The number of amidine groups is 1. The third-order valence-electron chi connectivity index (χ3n) is 7.35. The number of hydrogen-bond acceptors (Lipinski definition) is 3. The van der Waals surface area contributed by atoms with E-state index in [9.17, 15) is 0 Å². The molecule has 0 fully saturated rings. The molecule has 1 aliphatic rings. The van der Waals surface area contributed by atoms with E-state index in [0.29, 0.717) is 0 Å². The normalized spacial score (nSPS) is 17.4. The van der Waals surface area contributed by atoms with Gasteiger partial charge in [0.15, 0.2) is 5.84 Å². The van der Waals surface area contributed by atoms with Gasteiger partial charge in [0.1, 0.15) is 5.82 Å². The van der Waals surface area contributed by atoms with Crippen LogP contribution in [0.1, 0.15) is 29.5 Å². The maximum atomic E-state index is 5.15. The number of nitrogens with one attached hydrogen (secondary N) is 1. The smallest absolute Gasteiger partial charge is 0.160 e. The summed E-state index contributed by atoms with van der Waals surface area (Å²) >= 11 is 0. The van der Waals surface area contributed by atoms with Crippen molar-refractivity contribution in [2.24, 2.45) is 9.98 Å². The van der Waals surface area contributed by atoms with Gasteiger partial charge in [-0.2, -0.15) is 0 Å². The van der Waals surface area contributed by atoms with Crippen LogP contribution in [-0.2, 0) is 0 Å². The molecule has 196 valence electrons. The number of imidazole rings is 1. The molecule has 6 aromatic rings. The molecule has 7 rings (SSSR count). The molecule has 0 aliphatic carbocycles. The number of fused-ring (bicyclic) bond motifs is 1. The van der Waals surface area contributed by atoms with Crippen molar-refractivity contribution in [1.82, 2.24) is 9.97 Å². The van der Waals surface area contributed by atoms with E-state index in [1.165, 1.54) is 0 Å². The molecule has 0 unspecified atom stereocenters. The van der Waals surface area contributed by atoms with Gasteiger partial charge >= 0.3 is 0 Å². The zero-order chi connectivity index (χ0) is 27.4. The van der Waals surface area contributed by atoms with Crippen LogP contribution in [-0.4, -0.2) is 21.5 Å². The lowest BCUT2D eigenvalue weighted by atomic mass is 9.99. The van der Waals surface area contributed by atoms with Gasteiger partial charge in [0.05, 0.1) is 22.4 Å². The highest BCUT2D eigenvalue weighted by molar-refractivity contribution is 6.14. The summed E-state index contributed by atoms with van der Waals surface area (Å²) in [5.74, 6) is 1.61. The van der Waals surface area contributed by atoms with E-state index < -0.39 is 0 Å². The average Bonchev–Trinajstić information content (AvgIpc) is 3.46. The SMILES string of the molecule is C1=C(c2cccc(-c3ccc4[nH]c(-c5ccccc5)nc4c3)c2)/N=C(c2ccccc2)\N=C(\c2ccccc2)CC\1. The largest absolute Gasteiger partial charge is 0.338 e. The molecule has 0 spiro atoms. The molecule has 0 radical (unpaired) electrons. The minimum absolute atomic E-state index is 0.729. The van der Waals surface area contributed by atoms with Crippen molar-refractivity contribution in [2.75, 3.05) is 0 Å². The second-order valence-corrected chi connectivity index (χ2v) is 10.1. The predicted octanol–water partition coefficient (Wildman–Crippen LogP) is 8.97. The average molecular weight is 529 g/mol. The van der Waals surface area contributed by atoms with Crippen LogP contribution in [0.4, 0.5) is 0 Å². The van der Waals surface area contributed by atoms with E-state index in [2.05, 4.69) is 102 Å². The molecule has 0 saturated carbocycles. The fraction of sp³-hybridized carbons (Fsp3) is 0.0541. The second kappa shape index (κ2) is 11.0. The zero-order valence-electron chi connectivity index (χ0n) is 22.5. The number of rotatable bonds is 5. The fourth-order valence-corrected chi connectivity index (χ4v) is 5.23. The van der Waals surface area contributed by atoms with Crippen LogP contribution in [0.2, 0.25) is 0 Å². The molecule has 2 heterocycles. The molecule has 4 nitrogen and oxygen atoms in total. The summed E-state index contributed by atoms with van der Waals surface area (Å²) in [4.78, 5) is 18.6. The van der Waals surface area contributed by atoms with Crippen LogP contribution in [0, 0.1) is 0 Å². The summed E-state index contributed by atoms with van der Waals surface area (Å²) in [5.41, 5.74) is 10.5. The number of allylic oxidation sites excluding steroid dienone is 1. The number of aromatic amines is 1. The molecule has 0 amide bonds. The Morgan fingerprint density at radius 3 is 1.90 bits per heavy atom. The topological polar surface area (TPSA) is 53.4 Å². The Morgan fingerprint density at radius 1 is 0.512 bits per heavy atom. The maximum Gasteiger partial charge on any atom is 0.160 e. The van der Waals surface area contributed by atoms with Crippen molar-refractivity contribution < 1.29 is 0 Å². The summed E-state index contributed by atoms with van der Waals surface area (Å²) in [7, 11) is 0. The van der Waals surface area contributed by atoms with Gasteiger partial charge in [-0.15, -0.1) is 0 Å². The number of aromatic nitrogens is 2. The maximum absolute atomic E-state index is 5.15. The molecule has 4 heteroatoms. The first-order valence-electron chi connectivity index (χ1n) is 13.9. The van der Waals surface area contributed by atoms with Crippen LogP contribution >= 0.6 is 0 Å². The van der Waals surface area contributed by atoms with Crippen molar-refractivity contribution in [3.05, 3.63) is 156 Å². The van der Waals surface area contributed by atoms with Gasteiger partial charge in [-0.05, 0) is 47.7 Å². The third-order valence-corrected chi connectivity index (χ3v) is 7.35.